The highest BCUT2D eigenvalue weighted by Crippen LogP contribution is 2.38. The van der Waals surface area contributed by atoms with Crippen LogP contribution in [0.1, 0.15) is 18.0 Å². The van der Waals surface area contributed by atoms with Crippen LogP contribution in [0, 0.1) is 0 Å². The number of amides is 2. The number of benzene rings is 1. The molecular weight excluding hydrogens is 278 g/mol. The number of phenolic OH excluding ortho intramolecular Hbond substituents is 1. The molecule has 2 saturated heterocycles. The van der Waals surface area contributed by atoms with Gasteiger partial charge in [0.1, 0.15) is 18.0 Å². The Morgan fingerprint density at radius 1 is 1.45 bits per heavy atom. The zero-order chi connectivity index (χ0) is 14.3. The summed E-state index contributed by atoms with van der Waals surface area (Å²) in [4.78, 5) is 25.3. The van der Waals surface area contributed by atoms with Gasteiger partial charge in [-0.1, -0.05) is 12.1 Å². The number of thioether (sulfide) groups is 1. The molecule has 2 unspecified atom stereocenters. The lowest BCUT2D eigenvalue weighted by Gasteiger charge is -2.37. The van der Waals surface area contributed by atoms with Crippen LogP contribution in [0.4, 0.5) is 0 Å². The molecule has 2 amide bonds. The Morgan fingerprint density at radius 3 is 2.80 bits per heavy atom. The fourth-order valence-corrected chi connectivity index (χ4v) is 3.73. The van der Waals surface area contributed by atoms with E-state index in [0.717, 1.165) is 0 Å². The van der Waals surface area contributed by atoms with Gasteiger partial charge in [-0.05, 0) is 17.7 Å². The van der Waals surface area contributed by atoms with Crippen LogP contribution in [0.5, 0.6) is 5.75 Å². The van der Waals surface area contributed by atoms with Gasteiger partial charge in [0.25, 0.3) is 0 Å². The van der Waals surface area contributed by atoms with Crippen LogP contribution in [0.3, 0.4) is 0 Å². The number of phenols is 1. The topological polar surface area (TPSA) is 95.7 Å². The molecule has 2 aliphatic heterocycles. The van der Waals surface area contributed by atoms with Crippen LogP contribution in [-0.4, -0.2) is 39.1 Å². The highest BCUT2D eigenvalue weighted by atomic mass is 32.2. The summed E-state index contributed by atoms with van der Waals surface area (Å²) in [7, 11) is 0. The van der Waals surface area contributed by atoms with Gasteiger partial charge in [-0.2, -0.15) is 0 Å². The van der Waals surface area contributed by atoms with Gasteiger partial charge < -0.3 is 21.1 Å². The normalized spacial score (nSPS) is 25.9. The summed E-state index contributed by atoms with van der Waals surface area (Å²) in [6, 6.07) is 5.39. The third-order valence-electron chi connectivity index (χ3n) is 3.57. The summed E-state index contributed by atoms with van der Waals surface area (Å²) < 4.78 is 0. The van der Waals surface area contributed by atoms with Crippen molar-refractivity contribution in [3.63, 3.8) is 0 Å². The fraction of sp³-hybridized carbons (Fsp3) is 0.385. The van der Waals surface area contributed by atoms with Gasteiger partial charge in [-0.25, -0.2) is 0 Å². The number of nitrogens with two attached hydrogens (primary N) is 1. The van der Waals surface area contributed by atoms with Crippen molar-refractivity contribution in [2.24, 2.45) is 5.73 Å². The van der Waals surface area contributed by atoms with E-state index >= 15 is 0 Å². The highest BCUT2D eigenvalue weighted by Gasteiger charge is 2.47. The number of hydrogen-bond acceptors (Lipinski definition) is 5. The summed E-state index contributed by atoms with van der Waals surface area (Å²) in [6.07, 6.45) is 0.294. The van der Waals surface area contributed by atoms with Gasteiger partial charge in [0.15, 0.2) is 0 Å². The lowest BCUT2D eigenvalue weighted by molar-refractivity contribution is -0.145. The van der Waals surface area contributed by atoms with Crippen LogP contribution in [-0.2, 0) is 9.59 Å². The number of carbonyl (C=O) groups is 2. The van der Waals surface area contributed by atoms with Crippen LogP contribution in [0.25, 0.3) is 0 Å². The molecule has 3 atom stereocenters. The molecule has 20 heavy (non-hydrogen) atoms. The van der Waals surface area contributed by atoms with Gasteiger partial charge in [0, 0.05) is 5.75 Å². The predicted molar refractivity (Wildman–Crippen MR) is 74.7 cm³/mol. The smallest absolute Gasteiger partial charge is 0.243 e. The van der Waals surface area contributed by atoms with Crippen molar-refractivity contribution in [2.75, 3.05) is 5.75 Å². The molecule has 0 aliphatic carbocycles. The Balaban J connectivity index is 1.64. The van der Waals surface area contributed by atoms with Gasteiger partial charge in [-0.15, -0.1) is 11.8 Å². The summed E-state index contributed by atoms with van der Waals surface area (Å²) in [6.45, 7) is 0. The first kappa shape index (κ1) is 13.3. The van der Waals surface area contributed by atoms with Crippen LogP contribution < -0.4 is 11.1 Å². The Kier molecular flexibility index (Phi) is 3.31. The Morgan fingerprint density at radius 2 is 2.15 bits per heavy atom. The van der Waals surface area contributed by atoms with Gasteiger partial charge >= 0.3 is 0 Å². The van der Waals surface area contributed by atoms with E-state index in [9.17, 15) is 14.7 Å². The Bertz CT molecular complexity index is 548. The van der Waals surface area contributed by atoms with Crippen molar-refractivity contribution in [1.82, 2.24) is 10.2 Å². The van der Waals surface area contributed by atoms with Crippen molar-refractivity contribution in [3.05, 3.63) is 29.8 Å². The number of hydrogen-bond donors (Lipinski definition) is 3. The minimum Gasteiger partial charge on any atom is -0.508 e. The first-order chi connectivity index (χ1) is 9.56. The third kappa shape index (κ3) is 2.23. The van der Waals surface area contributed by atoms with E-state index < -0.39 is 6.04 Å². The minimum absolute atomic E-state index is 0.0727. The largest absolute Gasteiger partial charge is 0.508 e. The molecule has 1 aromatic rings. The maximum atomic E-state index is 12.1. The Labute approximate surface area is 120 Å². The molecule has 1 aromatic carbocycles. The maximum absolute atomic E-state index is 12.1. The quantitative estimate of drug-likeness (QED) is 0.689. The molecule has 0 spiro atoms. The molecular formula is C13H15N3O3S. The van der Waals surface area contributed by atoms with E-state index in [2.05, 4.69) is 5.32 Å². The van der Waals surface area contributed by atoms with Crippen molar-refractivity contribution in [1.29, 1.82) is 0 Å². The lowest BCUT2D eigenvalue weighted by atomic mass is 10.1. The number of fused-ring (bicyclic) bond motifs is 1. The predicted octanol–water partition coefficient (Wildman–Crippen LogP) is 0.139. The van der Waals surface area contributed by atoms with Crippen molar-refractivity contribution in [2.45, 2.75) is 24.0 Å². The number of rotatable bonds is 3. The molecule has 3 rings (SSSR count). The van der Waals surface area contributed by atoms with E-state index in [0.29, 0.717) is 17.7 Å². The maximum Gasteiger partial charge on any atom is 0.243 e. The first-order valence-corrected chi connectivity index (χ1v) is 7.39. The molecule has 6 nitrogen and oxygen atoms in total. The summed E-state index contributed by atoms with van der Waals surface area (Å²) >= 11 is 1.67. The molecule has 2 aliphatic rings. The summed E-state index contributed by atoms with van der Waals surface area (Å²) in [5, 5.41) is 12.2. The van der Waals surface area contributed by atoms with Gasteiger partial charge in [0.2, 0.25) is 11.8 Å². The summed E-state index contributed by atoms with van der Waals surface area (Å²) in [5.74, 6) is 0.581. The molecule has 106 valence electrons. The second-order valence-electron chi connectivity index (χ2n) is 4.89. The zero-order valence-corrected chi connectivity index (χ0v) is 11.5. The molecule has 2 heterocycles. The molecule has 0 radical (unpaired) electrons. The summed E-state index contributed by atoms with van der Waals surface area (Å²) in [5.41, 5.74) is 6.52. The van der Waals surface area contributed by atoms with E-state index in [1.54, 1.807) is 28.8 Å². The second-order valence-corrected chi connectivity index (χ2v) is 6.10. The minimum atomic E-state index is -0.809. The monoisotopic (exact) mass is 293 g/mol. The van der Waals surface area contributed by atoms with E-state index in [4.69, 9.17) is 5.73 Å². The molecule has 0 bridgehead atoms. The molecule has 0 saturated carbocycles. The van der Waals surface area contributed by atoms with Crippen LogP contribution in [0.2, 0.25) is 0 Å². The van der Waals surface area contributed by atoms with Gasteiger partial charge in [0.05, 0.1) is 11.8 Å². The van der Waals surface area contributed by atoms with Gasteiger partial charge in [-0.3, -0.25) is 9.59 Å². The molecule has 0 aromatic heterocycles. The van der Waals surface area contributed by atoms with E-state index in [1.807, 2.05) is 0 Å². The van der Waals surface area contributed by atoms with E-state index in [-0.39, 0.29) is 29.1 Å². The average Bonchev–Trinajstić information content (AvgIpc) is 2.74. The third-order valence-corrected chi connectivity index (χ3v) is 4.86. The van der Waals surface area contributed by atoms with Crippen molar-refractivity contribution >= 4 is 23.6 Å². The number of nitrogens with one attached hydrogen (secondary N) is 1. The van der Waals surface area contributed by atoms with Crippen LogP contribution >= 0.6 is 11.8 Å². The number of carbonyl (C=O) groups excluding carboxylic acids is 2. The SMILES string of the molecule is N[C@@H](C(=O)NC1CSC2CC(=O)N12)c1ccc(O)cc1. The fourth-order valence-electron chi connectivity index (χ4n) is 2.40. The second kappa shape index (κ2) is 4.99. The number of β-lactam (4-membered cyclic amide) rings is 1. The van der Waals surface area contributed by atoms with Crippen LogP contribution in [0.15, 0.2) is 24.3 Å². The lowest BCUT2D eigenvalue weighted by Crippen LogP contribution is -2.58. The zero-order valence-electron chi connectivity index (χ0n) is 10.7. The standard InChI is InChI=1S/C13H15N3O3S/c14-12(7-1-3-8(17)4-2-7)13(19)15-9-6-20-11-5-10(18)16(9)11/h1-4,9,11-12,17H,5-6,14H2,(H,15,19)/t9?,11?,12-/m1/s1. The first-order valence-electron chi connectivity index (χ1n) is 6.34. The number of nitrogens with zero attached hydrogens (tertiary/aromatic N) is 1. The van der Waals surface area contributed by atoms with Crippen molar-refractivity contribution < 1.29 is 14.7 Å². The highest BCUT2D eigenvalue weighted by molar-refractivity contribution is 8.00. The molecule has 7 heteroatoms. The molecule has 2 fully saturated rings. The van der Waals surface area contributed by atoms with E-state index in [1.165, 1.54) is 12.1 Å². The Hall–Kier alpha value is -1.73. The number of aromatic hydroxyl groups is 1. The average molecular weight is 293 g/mol. The molecule has 4 N–H and O–H groups in total. The van der Waals surface area contributed by atoms with Crippen molar-refractivity contribution in [3.8, 4) is 5.75 Å².